The summed E-state index contributed by atoms with van der Waals surface area (Å²) in [4.78, 5) is 16.8. The van der Waals surface area contributed by atoms with Gasteiger partial charge in [0.15, 0.2) is 5.43 Å². The van der Waals surface area contributed by atoms with Crippen molar-refractivity contribution in [2.45, 2.75) is 0 Å². The first-order valence-corrected chi connectivity index (χ1v) is 10.7. The van der Waals surface area contributed by atoms with Crippen molar-refractivity contribution in [1.82, 2.24) is 9.55 Å². The number of fused-ring (bicyclic) bond motifs is 1. The Balaban J connectivity index is 2.00. The first kappa shape index (κ1) is 18.7. The van der Waals surface area contributed by atoms with Crippen LogP contribution in [0.3, 0.4) is 0 Å². The van der Waals surface area contributed by atoms with Gasteiger partial charge in [-0.1, -0.05) is 36.4 Å². The molecule has 29 heavy (non-hydrogen) atoms. The molecular formula is C21H18N4O3S. The Labute approximate surface area is 167 Å². The summed E-state index contributed by atoms with van der Waals surface area (Å²) >= 11 is 0. The van der Waals surface area contributed by atoms with Gasteiger partial charge in [0.1, 0.15) is 11.6 Å². The third-order valence-electron chi connectivity index (χ3n) is 4.25. The van der Waals surface area contributed by atoms with Crippen LogP contribution in [0.5, 0.6) is 0 Å². The molecular weight excluding hydrogens is 388 g/mol. The highest BCUT2D eigenvalue weighted by atomic mass is 32.2. The second-order valence-corrected chi connectivity index (χ2v) is 8.27. The Morgan fingerprint density at radius 2 is 1.59 bits per heavy atom. The van der Waals surface area contributed by atoms with Gasteiger partial charge < -0.3 is 5.32 Å². The lowest BCUT2D eigenvalue weighted by atomic mass is 10.2. The van der Waals surface area contributed by atoms with Crippen molar-refractivity contribution in [3.63, 3.8) is 0 Å². The van der Waals surface area contributed by atoms with Crippen LogP contribution in [0.15, 0.2) is 83.8 Å². The van der Waals surface area contributed by atoms with Gasteiger partial charge in [0.05, 0.1) is 17.2 Å². The summed E-state index contributed by atoms with van der Waals surface area (Å²) in [6.45, 7) is 0. The normalized spacial score (nSPS) is 11.3. The van der Waals surface area contributed by atoms with Crippen LogP contribution in [0.2, 0.25) is 0 Å². The fourth-order valence-electron chi connectivity index (χ4n) is 3.08. The zero-order valence-corrected chi connectivity index (χ0v) is 16.3. The predicted molar refractivity (Wildman–Crippen MR) is 116 cm³/mol. The number of hydrogen-bond acceptors (Lipinski definition) is 5. The molecule has 4 rings (SSSR count). The molecule has 0 atom stereocenters. The van der Waals surface area contributed by atoms with E-state index in [1.54, 1.807) is 6.07 Å². The van der Waals surface area contributed by atoms with Crippen molar-refractivity contribution < 1.29 is 8.42 Å². The summed E-state index contributed by atoms with van der Waals surface area (Å²) in [5.41, 5.74) is 1.94. The van der Waals surface area contributed by atoms with E-state index in [2.05, 4.69) is 15.0 Å². The smallest absolute Gasteiger partial charge is 0.230 e. The molecule has 0 saturated heterocycles. The van der Waals surface area contributed by atoms with E-state index in [1.165, 1.54) is 12.3 Å². The zero-order chi connectivity index (χ0) is 20.4. The van der Waals surface area contributed by atoms with Gasteiger partial charge in [-0.15, -0.1) is 0 Å². The molecule has 0 amide bonds. The van der Waals surface area contributed by atoms with E-state index >= 15 is 0 Å². The number of rotatable bonds is 5. The monoisotopic (exact) mass is 406 g/mol. The van der Waals surface area contributed by atoms with E-state index in [1.807, 2.05) is 65.2 Å². The topological polar surface area (TPSA) is 93.1 Å². The van der Waals surface area contributed by atoms with Crippen molar-refractivity contribution in [1.29, 1.82) is 0 Å². The van der Waals surface area contributed by atoms with Gasteiger partial charge in [-0.05, 0) is 24.3 Å². The number of nitrogens with zero attached hydrogens (tertiary/aromatic N) is 2. The first-order valence-electron chi connectivity index (χ1n) is 8.82. The van der Waals surface area contributed by atoms with E-state index in [-0.39, 0.29) is 11.2 Å². The molecule has 146 valence electrons. The van der Waals surface area contributed by atoms with Crippen molar-refractivity contribution in [2.24, 2.45) is 0 Å². The summed E-state index contributed by atoms with van der Waals surface area (Å²) in [5, 5.41) is 3.66. The fraction of sp³-hybridized carbons (Fsp3) is 0.0476. The molecule has 0 spiro atoms. The van der Waals surface area contributed by atoms with Gasteiger partial charge in [0, 0.05) is 29.7 Å². The number of aromatic nitrogens is 2. The molecule has 8 heteroatoms. The fourth-order valence-corrected chi connectivity index (χ4v) is 3.57. The summed E-state index contributed by atoms with van der Waals surface area (Å²) < 4.78 is 27.5. The van der Waals surface area contributed by atoms with Gasteiger partial charge in [0.25, 0.3) is 0 Å². The maximum absolute atomic E-state index is 12.7. The number of hydrogen-bond donors (Lipinski definition) is 2. The predicted octanol–water partition coefficient (Wildman–Crippen LogP) is 3.50. The lowest BCUT2D eigenvalue weighted by Gasteiger charge is -2.18. The number of anilines is 3. The second kappa shape index (κ2) is 7.40. The molecule has 0 aliphatic carbocycles. The summed E-state index contributed by atoms with van der Waals surface area (Å²) in [7, 11) is -3.51. The van der Waals surface area contributed by atoms with Crippen molar-refractivity contribution in [2.75, 3.05) is 16.3 Å². The van der Waals surface area contributed by atoms with Crippen LogP contribution in [0.1, 0.15) is 0 Å². The van der Waals surface area contributed by atoms with E-state index in [0.29, 0.717) is 16.7 Å². The van der Waals surface area contributed by atoms with E-state index < -0.39 is 10.0 Å². The Bertz CT molecular complexity index is 1340. The van der Waals surface area contributed by atoms with Crippen LogP contribution in [0.4, 0.5) is 17.3 Å². The molecule has 4 aromatic rings. The van der Waals surface area contributed by atoms with Crippen molar-refractivity contribution >= 4 is 38.2 Å². The molecule has 2 aromatic carbocycles. The summed E-state index contributed by atoms with van der Waals surface area (Å²) in [6, 6.07) is 22.1. The lowest BCUT2D eigenvalue weighted by Crippen LogP contribution is -2.15. The van der Waals surface area contributed by atoms with Gasteiger partial charge in [-0.25, -0.2) is 13.4 Å². The maximum Gasteiger partial charge on any atom is 0.230 e. The van der Waals surface area contributed by atoms with Crippen LogP contribution in [0.25, 0.3) is 16.6 Å². The van der Waals surface area contributed by atoms with Crippen LogP contribution in [-0.4, -0.2) is 24.2 Å². The average Bonchev–Trinajstić information content (AvgIpc) is 2.68. The highest BCUT2D eigenvalue weighted by Gasteiger charge is 2.14. The molecule has 0 unspecified atom stereocenters. The van der Waals surface area contributed by atoms with Gasteiger partial charge >= 0.3 is 0 Å². The standard InChI is InChI=1S/C21H18N4O3S/c1-29(27,28)24-20-12-18-17(14-22-20)19(26)13-21(23-15-8-4-2-5-9-15)25(18)16-10-6-3-7-11-16/h2-14,23H,1H3,(H,22,24). The number of pyridine rings is 2. The molecule has 0 bridgehead atoms. The summed E-state index contributed by atoms with van der Waals surface area (Å²) in [6.07, 6.45) is 2.44. The Kier molecular flexibility index (Phi) is 4.77. The molecule has 7 nitrogen and oxygen atoms in total. The molecule has 0 aliphatic heterocycles. The van der Waals surface area contributed by atoms with Gasteiger partial charge in [-0.2, -0.15) is 0 Å². The minimum absolute atomic E-state index is 0.140. The second-order valence-electron chi connectivity index (χ2n) is 6.52. The minimum atomic E-state index is -3.51. The highest BCUT2D eigenvalue weighted by Crippen LogP contribution is 2.26. The molecule has 2 N–H and O–H groups in total. The average molecular weight is 406 g/mol. The van der Waals surface area contributed by atoms with E-state index in [4.69, 9.17) is 0 Å². The molecule has 0 fully saturated rings. The number of nitrogens with one attached hydrogen (secondary N) is 2. The maximum atomic E-state index is 12.7. The minimum Gasteiger partial charge on any atom is -0.341 e. The quantitative estimate of drug-likeness (QED) is 0.529. The Morgan fingerprint density at radius 1 is 0.931 bits per heavy atom. The van der Waals surface area contributed by atoms with Gasteiger partial charge in [0.2, 0.25) is 10.0 Å². The Morgan fingerprint density at radius 3 is 2.24 bits per heavy atom. The van der Waals surface area contributed by atoms with E-state index in [0.717, 1.165) is 17.6 Å². The number of para-hydroxylation sites is 2. The van der Waals surface area contributed by atoms with Crippen LogP contribution in [-0.2, 0) is 10.0 Å². The largest absolute Gasteiger partial charge is 0.341 e. The third kappa shape index (κ3) is 4.12. The third-order valence-corrected chi connectivity index (χ3v) is 4.83. The van der Waals surface area contributed by atoms with Crippen molar-refractivity contribution in [3.8, 4) is 5.69 Å². The lowest BCUT2D eigenvalue weighted by molar-refractivity contribution is 0.606. The molecule has 2 aromatic heterocycles. The molecule has 0 saturated carbocycles. The van der Waals surface area contributed by atoms with Crippen LogP contribution in [0, 0.1) is 0 Å². The van der Waals surface area contributed by atoms with E-state index in [9.17, 15) is 13.2 Å². The summed E-state index contributed by atoms with van der Waals surface area (Å²) in [5.74, 6) is 0.692. The SMILES string of the molecule is CS(=O)(=O)Nc1cc2c(cn1)c(=O)cc(Nc1ccccc1)n2-c1ccccc1. The number of benzene rings is 2. The van der Waals surface area contributed by atoms with Crippen LogP contribution >= 0.6 is 0 Å². The van der Waals surface area contributed by atoms with Crippen LogP contribution < -0.4 is 15.5 Å². The highest BCUT2D eigenvalue weighted by molar-refractivity contribution is 7.92. The van der Waals surface area contributed by atoms with Crippen molar-refractivity contribution in [3.05, 3.63) is 89.2 Å². The van der Waals surface area contributed by atoms with Gasteiger partial charge in [-0.3, -0.25) is 14.1 Å². The molecule has 2 heterocycles. The Hall–Kier alpha value is -3.65. The molecule has 0 aliphatic rings. The zero-order valence-electron chi connectivity index (χ0n) is 15.5. The molecule has 0 radical (unpaired) electrons. The first-order chi connectivity index (χ1) is 13.9. The number of sulfonamides is 1.